The molecule has 0 bridgehead atoms. The first kappa shape index (κ1) is 30.4. The van der Waals surface area contributed by atoms with Crippen molar-refractivity contribution < 1.29 is 46.9 Å². The lowest BCUT2D eigenvalue weighted by Crippen LogP contribution is -2.53. The van der Waals surface area contributed by atoms with Crippen LogP contribution >= 0.6 is 11.8 Å². The first-order valence-corrected chi connectivity index (χ1v) is 12.4. The molecular weight excluding hydrogens is 517 g/mol. The van der Waals surface area contributed by atoms with Crippen LogP contribution in [0.2, 0.25) is 0 Å². The molecule has 1 aromatic carbocycles. The summed E-state index contributed by atoms with van der Waals surface area (Å²) in [6.07, 6.45) is -4.05. The zero-order valence-corrected chi connectivity index (χ0v) is 22.2. The number of alkyl halides is 3. The number of carboxylic acids is 1. The molecule has 13 heteroatoms. The number of carboxylic acid groups (broad SMARTS) is 1. The zero-order valence-electron chi connectivity index (χ0n) is 21.3. The maximum Gasteiger partial charge on any atom is 0.490 e. The van der Waals surface area contributed by atoms with E-state index in [-0.39, 0.29) is 18.4 Å². The van der Waals surface area contributed by atoms with Crippen LogP contribution in [-0.2, 0) is 23.9 Å². The molecule has 2 heterocycles. The lowest BCUT2D eigenvalue weighted by atomic mass is 9.80. The van der Waals surface area contributed by atoms with Crippen molar-refractivity contribution in [3.8, 4) is 5.75 Å². The second-order valence-corrected chi connectivity index (χ2v) is 10.3. The van der Waals surface area contributed by atoms with Crippen molar-refractivity contribution >= 4 is 35.5 Å². The number of thioether (sulfide) groups is 1. The van der Waals surface area contributed by atoms with Gasteiger partial charge in [-0.05, 0) is 38.0 Å². The number of carbonyl (C=O) groups is 4. The van der Waals surface area contributed by atoms with E-state index in [4.69, 9.17) is 19.4 Å². The molecule has 0 radical (unpaired) electrons. The first-order chi connectivity index (χ1) is 17.2. The minimum Gasteiger partial charge on any atom is -0.496 e. The molecule has 0 aliphatic carbocycles. The molecule has 1 unspecified atom stereocenters. The Hall–Kier alpha value is -2.80. The van der Waals surface area contributed by atoms with Crippen molar-refractivity contribution in [1.82, 2.24) is 10.2 Å². The van der Waals surface area contributed by atoms with E-state index < -0.39 is 41.5 Å². The number of imide groups is 1. The predicted octanol–water partition coefficient (Wildman–Crippen LogP) is 3.42. The van der Waals surface area contributed by atoms with Crippen LogP contribution in [0.5, 0.6) is 5.75 Å². The maximum absolute atomic E-state index is 13.1. The number of carbonyl (C=O) groups excluding carboxylic acids is 3. The van der Waals surface area contributed by atoms with E-state index in [1.165, 1.54) is 12.0 Å². The molecule has 2 saturated heterocycles. The summed E-state index contributed by atoms with van der Waals surface area (Å²) in [5, 5.41) is 10.8. The van der Waals surface area contributed by atoms with Crippen molar-refractivity contribution in [2.75, 3.05) is 20.8 Å². The molecule has 2 aliphatic rings. The van der Waals surface area contributed by atoms with Gasteiger partial charge < -0.3 is 14.6 Å². The number of amides is 2. The Morgan fingerprint density at radius 3 is 2.27 bits per heavy atom. The minimum absolute atomic E-state index is 0.255. The molecule has 9 nitrogen and oxygen atoms in total. The van der Waals surface area contributed by atoms with Gasteiger partial charge in [0, 0.05) is 22.7 Å². The van der Waals surface area contributed by atoms with E-state index in [1.54, 1.807) is 32.7 Å². The van der Waals surface area contributed by atoms with E-state index in [0.29, 0.717) is 11.0 Å². The van der Waals surface area contributed by atoms with E-state index in [2.05, 4.69) is 19.2 Å². The van der Waals surface area contributed by atoms with E-state index in [0.717, 1.165) is 16.9 Å². The fourth-order valence-electron chi connectivity index (χ4n) is 4.47. The third kappa shape index (κ3) is 6.03. The Bertz CT molecular complexity index is 1050. The van der Waals surface area contributed by atoms with Gasteiger partial charge in [-0.15, -0.1) is 11.8 Å². The van der Waals surface area contributed by atoms with Crippen LogP contribution in [0, 0.1) is 11.8 Å². The van der Waals surface area contributed by atoms with Gasteiger partial charge in [0.05, 0.1) is 26.1 Å². The monoisotopic (exact) mass is 548 g/mol. The predicted molar refractivity (Wildman–Crippen MR) is 128 cm³/mol. The number of fused-ring (bicyclic) bond motifs is 1. The van der Waals surface area contributed by atoms with Crippen molar-refractivity contribution in [1.29, 1.82) is 0 Å². The fraction of sp³-hybridized carbons (Fsp3) is 0.583. The molecule has 206 valence electrons. The van der Waals surface area contributed by atoms with Crippen LogP contribution in [-0.4, -0.2) is 71.5 Å². The number of esters is 1. The molecule has 2 amide bonds. The van der Waals surface area contributed by atoms with Crippen LogP contribution in [0.15, 0.2) is 23.1 Å². The molecule has 0 aromatic heterocycles. The zero-order chi connectivity index (χ0) is 28.3. The second kappa shape index (κ2) is 11.7. The van der Waals surface area contributed by atoms with Crippen molar-refractivity contribution in [3.05, 3.63) is 23.8 Å². The Kier molecular flexibility index (Phi) is 9.64. The van der Waals surface area contributed by atoms with Crippen LogP contribution in [0.3, 0.4) is 0 Å². The summed E-state index contributed by atoms with van der Waals surface area (Å²) < 4.78 is 42.3. The number of methoxy groups -OCH3 is 2. The standard InChI is InChI=1S/C22H30N2O5S.C2HF3O2/c1-7-12(3)30-15-10-9-13(11-14(15)28-5)18-16-17(20(26)24(8-2)19(16)25)22(4,23-18)21(27)29-6;3-2(4,5)1(6)7/h9-12,16-18,23H,7-8H2,1-6H3;(H,6,7)/t12?,16-,17-,18-,22-;/m1./s1. The summed E-state index contributed by atoms with van der Waals surface area (Å²) >= 11 is 1.73. The molecule has 2 fully saturated rings. The first-order valence-electron chi connectivity index (χ1n) is 11.5. The normalized spacial score (nSPS) is 25.8. The third-order valence-electron chi connectivity index (χ3n) is 6.50. The number of aliphatic carboxylic acids is 1. The summed E-state index contributed by atoms with van der Waals surface area (Å²) in [5.41, 5.74) is -0.472. The largest absolute Gasteiger partial charge is 0.496 e. The average molecular weight is 549 g/mol. The molecule has 5 atom stereocenters. The summed E-state index contributed by atoms with van der Waals surface area (Å²) in [6.45, 7) is 7.98. The fourth-order valence-corrected chi connectivity index (χ4v) is 5.48. The molecule has 2 N–H and O–H groups in total. The van der Waals surface area contributed by atoms with Gasteiger partial charge in [-0.25, -0.2) is 4.79 Å². The number of rotatable bonds is 7. The van der Waals surface area contributed by atoms with Crippen molar-refractivity contribution in [2.24, 2.45) is 11.8 Å². The quantitative estimate of drug-likeness (QED) is 0.300. The highest BCUT2D eigenvalue weighted by Gasteiger charge is 2.66. The Balaban J connectivity index is 0.000000604. The smallest absolute Gasteiger partial charge is 0.490 e. The number of nitrogens with zero attached hydrogens (tertiary/aromatic N) is 1. The number of ether oxygens (including phenoxy) is 2. The van der Waals surface area contributed by atoms with Gasteiger partial charge in [-0.1, -0.05) is 19.9 Å². The van der Waals surface area contributed by atoms with Gasteiger partial charge in [-0.3, -0.25) is 24.6 Å². The number of halogens is 3. The molecular formula is C24H31F3N2O7S. The maximum atomic E-state index is 13.1. The number of hydrogen-bond acceptors (Lipinski definition) is 8. The van der Waals surface area contributed by atoms with Gasteiger partial charge >= 0.3 is 18.1 Å². The second-order valence-electron chi connectivity index (χ2n) is 8.79. The summed E-state index contributed by atoms with van der Waals surface area (Å²) in [6, 6.07) is 5.32. The molecule has 1 aromatic rings. The van der Waals surface area contributed by atoms with Gasteiger partial charge in [0.15, 0.2) is 0 Å². The topological polar surface area (TPSA) is 122 Å². The highest BCUT2D eigenvalue weighted by molar-refractivity contribution is 8.00. The van der Waals surface area contributed by atoms with Crippen molar-refractivity contribution in [2.45, 2.75) is 62.0 Å². The SMILES string of the molecule is CCC(C)Sc1ccc([C@H]2N[C@@](C)(C(=O)OC)[C@H]3C(=O)N(CC)C(=O)[C@@H]23)cc1OC.O=C(O)C(F)(F)F. The van der Waals surface area contributed by atoms with E-state index in [1.807, 2.05) is 18.2 Å². The summed E-state index contributed by atoms with van der Waals surface area (Å²) in [7, 11) is 2.91. The molecule has 0 spiro atoms. The van der Waals surface area contributed by atoms with E-state index in [9.17, 15) is 27.6 Å². The molecule has 3 rings (SSSR count). The third-order valence-corrected chi connectivity index (χ3v) is 7.82. The Labute approximate surface area is 217 Å². The highest BCUT2D eigenvalue weighted by Crippen LogP contribution is 2.49. The van der Waals surface area contributed by atoms with Crippen LogP contribution in [0.25, 0.3) is 0 Å². The molecule has 2 aliphatic heterocycles. The van der Waals surface area contributed by atoms with Gasteiger partial charge in [0.1, 0.15) is 11.3 Å². The van der Waals surface area contributed by atoms with Crippen LogP contribution in [0.4, 0.5) is 13.2 Å². The van der Waals surface area contributed by atoms with Gasteiger partial charge in [0.25, 0.3) is 0 Å². The van der Waals surface area contributed by atoms with Gasteiger partial charge in [0.2, 0.25) is 11.8 Å². The number of hydrogen-bond donors (Lipinski definition) is 2. The highest BCUT2D eigenvalue weighted by atomic mass is 32.2. The molecule has 37 heavy (non-hydrogen) atoms. The molecule has 0 saturated carbocycles. The summed E-state index contributed by atoms with van der Waals surface area (Å²) in [4.78, 5) is 49.9. The Morgan fingerprint density at radius 2 is 1.81 bits per heavy atom. The number of likely N-dealkylation sites (tertiary alicyclic amines) is 1. The minimum atomic E-state index is -5.08. The van der Waals surface area contributed by atoms with Crippen molar-refractivity contribution in [3.63, 3.8) is 0 Å². The van der Waals surface area contributed by atoms with Crippen LogP contribution < -0.4 is 10.1 Å². The lowest BCUT2D eigenvalue weighted by molar-refractivity contribution is -0.192. The summed E-state index contributed by atoms with van der Waals surface area (Å²) in [5.74, 6) is -4.64. The number of benzene rings is 1. The number of nitrogens with one attached hydrogen (secondary N) is 1. The lowest BCUT2D eigenvalue weighted by Gasteiger charge is -2.28. The van der Waals surface area contributed by atoms with E-state index >= 15 is 0 Å². The van der Waals surface area contributed by atoms with Gasteiger partial charge in [-0.2, -0.15) is 13.2 Å². The van der Waals surface area contributed by atoms with Crippen LogP contribution in [0.1, 0.15) is 45.7 Å². The average Bonchev–Trinajstić information content (AvgIpc) is 3.31. The Morgan fingerprint density at radius 1 is 1.22 bits per heavy atom.